The molecule has 0 radical (unpaired) electrons. The second-order valence-electron chi connectivity index (χ2n) is 7.27. The molecule has 0 aliphatic carbocycles. The Morgan fingerprint density at radius 3 is 1.81 bits per heavy atom. The molecule has 4 heteroatoms. The van der Waals surface area contributed by atoms with Gasteiger partial charge in [0.05, 0.1) is 18.6 Å². The molecule has 1 N–H and O–H groups in total. The molecule has 0 heterocycles. The van der Waals surface area contributed by atoms with Crippen LogP contribution in [0, 0.1) is 5.41 Å². The summed E-state index contributed by atoms with van der Waals surface area (Å²) in [6.45, 7) is 6.78. The molecule has 0 amide bonds. The number of rotatable bonds is 8. The second kappa shape index (κ2) is 8.97. The van der Waals surface area contributed by atoms with Gasteiger partial charge in [0.2, 0.25) is 0 Å². The van der Waals surface area contributed by atoms with E-state index in [4.69, 9.17) is 4.74 Å². The molecular weight excluding hydrogens is 326 g/mol. The number of nitrogens with zero attached hydrogens (tertiary/aromatic N) is 1. The average Bonchev–Trinajstić information content (AvgIpc) is 2.67. The fraction of sp³-hybridized carbons (Fsp3) is 0.409. The molecule has 2 aromatic rings. The summed E-state index contributed by atoms with van der Waals surface area (Å²) >= 11 is 0. The molecule has 2 rings (SSSR count). The Labute approximate surface area is 156 Å². The standard InChI is InChI=1S/C22H29NO3/c1-17(20(24)22(2,3)21(25)26-4)23(15-18-11-7-5-8-12-18)16-19-13-9-6-10-14-19/h5-14,17,20,24H,15-16H2,1-4H3/t17-,20+/m0/s1. The minimum atomic E-state index is -0.986. The van der Waals surface area contributed by atoms with Crippen LogP contribution in [-0.2, 0) is 22.6 Å². The fourth-order valence-electron chi connectivity index (χ4n) is 3.17. The van der Waals surface area contributed by atoms with Crippen LogP contribution < -0.4 is 0 Å². The Morgan fingerprint density at radius 1 is 1.00 bits per heavy atom. The van der Waals surface area contributed by atoms with Crippen molar-refractivity contribution in [3.8, 4) is 0 Å². The third kappa shape index (κ3) is 4.93. The van der Waals surface area contributed by atoms with Crippen LogP contribution in [-0.4, -0.2) is 35.2 Å². The molecule has 0 fully saturated rings. The summed E-state index contributed by atoms with van der Waals surface area (Å²) in [5.74, 6) is -0.406. The van der Waals surface area contributed by atoms with Gasteiger partial charge in [0.1, 0.15) is 0 Å². The van der Waals surface area contributed by atoms with Crippen molar-refractivity contribution in [3.05, 3.63) is 71.8 Å². The number of hydrogen-bond donors (Lipinski definition) is 1. The van der Waals surface area contributed by atoms with E-state index in [2.05, 4.69) is 29.2 Å². The summed E-state index contributed by atoms with van der Waals surface area (Å²) in [5, 5.41) is 10.9. The molecule has 4 nitrogen and oxygen atoms in total. The molecule has 0 bridgehead atoms. The van der Waals surface area contributed by atoms with E-state index in [0.29, 0.717) is 13.1 Å². The zero-order valence-electron chi connectivity index (χ0n) is 16.1. The lowest BCUT2D eigenvalue weighted by Gasteiger charge is -2.38. The quantitative estimate of drug-likeness (QED) is 0.735. The normalized spacial score (nSPS) is 14.1. The van der Waals surface area contributed by atoms with Crippen molar-refractivity contribution >= 4 is 5.97 Å². The zero-order chi connectivity index (χ0) is 19.2. The van der Waals surface area contributed by atoms with E-state index >= 15 is 0 Å². The third-order valence-corrected chi connectivity index (χ3v) is 4.94. The zero-order valence-corrected chi connectivity index (χ0v) is 16.1. The highest BCUT2D eigenvalue weighted by atomic mass is 16.5. The van der Waals surface area contributed by atoms with E-state index < -0.39 is 17.5 Å². The summed E-state index contributed by atoms with van der Waals surface area (Å²) in [6, 6.07) is 20.1. The smallest absolute Gasteiger partial charge is 0.313 e. The van der Waals surface area contributed by atoms with Crippen LogP contribution in [0.5, 0.6) is 0 Å². The first kappa shape index (κ1) is 20.1. The van der Waals surface area contributed by atoms with Crippen LogP contribution in [0.2, 0.25) is 0 Å². The maximum atomic E-state index is 12.1. The molecule has 0 saturated heterocycles. The van der Waals surface area contributed by atoms with Crippen LogP contribution in [0.3, 0.4) is 0 Å². The summed E-state index contributed by atoms with van der Waals surface area (Å²) in [4.78, 5) is 14.3. The number of ether oxygens (including phenoxy) is 1. The van der Waals surface area contributed by atoms with Gasteiger partial charge in [0.15, 0.2) is 0 Å². The number of esters is 1. The number of benzene rings is 2. The SMILES string of the molecule is COC(=O)C(C)(C)[C@H](O)[C@H](C)N(Cc1ccccc1)Cc1ccccc1. The predicted molar refractivity (Wildman–Crippen MR) is 103 cm³/mol. The monoisotopic (exact) mass is 355 g/mol. The summed E-state index contributed by atoms with van der Waals surface area (Å²) in [5.41, 5.74) is 1.34. The lowest BCUT2D eigenvalue weighted by molar-refractivity contribution is -0.160. The molecule has 2 aromatic carbocycles. The summed E-state index contributed by atoms with van der Waals surface area (Å²) in [7, 11) is 1.35. The van der Waals surface area contributed by atoms with Gasteiger partial charge in [-0.3, -0.25) is 9.69 Å². The predicted octanol–water partition coefficient (Wildman–Crippen LogP) is 3.64. The highest BCUT2D eigenvalue weighted by molar-refractivity contribution is 5.76. The maximum Gasteiger partial charge on any atom is 0.313 e. The Hall–Kier alpha value is -2.17. The van der Waals surface area contributed by atoms with Crippen LogP contribution in [0.1, 0.15) is 31.9 Å². The van der Waals surface area contributed by atoms with Crippen molar-refractivity contribution < 1.29 is 14.6 Å². The van der Waals surface area contributed by atoms with Gasteiger partial charge in [-0.15, -0.1) is 0 Å². The van der Waals surface area contributed by atoms with Gasteiger partial charge in [-0.25, -0.2) is 0 Å². The number of carbonyl (C=O) groups is 1. The van der Waals surface area contributed by atoms with Crippen LogP contribution >= 0.6 is 0 Å². The average molecular weight is 355 g/mol. The Bertz CT molecular complexity index is 644. The molecule has 140 valence electrons. The Morgan fingerprint density at radius 2 is 1.42 bits per heavy atom. The minimum absolute atomic E-state index is 0.232. The van der Waals surface area contributed by atoms with Gasteiger partial charge in [-0.1, -0.05) is 60.7 Å². The molecule has 0 aliphatic heterocycles. The van der Waals surface area contributed by atoms with E-state index in [1.807, 2.05) is 43.3 Å². The number of carbonyl (C=O) groups excluding carboxylic acids is 1. The third-order valence-electron chi connectivity index (χ3n) is 4.94. The maximum absolute atomic E-state index is 12.1. The van der Waals surface area contributed by atoms with Crippen molar-refractivity contribution in [3.63, 3.8) is 0 Å². The second-order valence-corrected chi connectivity index (χ2v) is 7.27. The van der Waals surface area contributed by atoms with Gasteiger partial charge in [0, 0.05) is 19.1 Å². The lowest BCUT2D eigenvalue weighted by atomic mass is 9.82. The van der Waals surface area contributed by atoms with E-state index in [9.17, 15) is 9.90 Å². The first-order chi connectivity index (χ1) is 12.4. The van der Waals surface area contributed by atoms with E-state index in [1.54, 1.807) is 13.8 Å². The summed E-state index contributed by atoms with van der Waals surface area (Å²) in [6.07, 6.45) is -0.859. The highest BCUT2D eigenvalue weighted by Crippen LogP contribution is 2.28. The number of aliphatic hydroxyl groups is 1. The van der Waals surface area contributed by atoms with Crippen molar-refractivity contribution in [1.29, 1.82) is 0 Å². The summed E-state index contributed by atoms with van der Waals surface area (Å²) < 4.78 is 4.89. The minimum Gasteiger partial charge on any atom is -0.469 e. The highest BCUT2D eigenvalue weighted by Gasteiger charge is 2.41. The number of aliphatic hydroxyl groups excluding tert-OH is 1. The first-order valence-electron chi connectivity index (χ1n) is 8.94. The Balaban J connectivity index is 2.25. The van der Waals surface area contributed by atoms with Crippen molar-refractivity contribution in [2.24, 2.45) is 5.41 Å². The van der Waals surface area contributed by atoms with Crippen LogP contribution in [0.15, 0.2) is 60.7 Å². The molecular formula is C22H29NO3. The van der Waals surface area contributed by atoms with Crippen molar-refractivity contribution in [2.45, 2.75) is 46.0 Å². The Kier molecular flexibility index (Phi) is 6.95. The number of hydrogen-bond acceptors (Lipinski definition) is 4. The van der Waals surface area contributed by atoms with Crippen LogP contribution in [0.25, 0.3) is 0 Å². The number of methoxy groups -OCH3 is 1. The van der Waals surface area contributed by atoms with Gasteiger partial charge in [0.25, 0.3) is 0 Å². The molecule has 2 atom stereocenters. The van der Waals surface area contributed by atoms with E-state index in [-0.39, 0.29) is 6.04 Å². The lowest BCUT2D eigenvalue weighted by Crippen LogP contribution is -2.50. The van der Waals surface area contributed by atoms with Gasteiger partial charge in [-0.2, -0.15) is 0 Å². The molecule has 0 aromatic heterocycles. The first-order valence-corrected chi connectivity index (χ1v) is 8.94. The fourth-order valence-corrected chi connectivity index (χ4v) is 3.17. The molecule has 0 unspecified atom stereocenters. The molecule has 0 saturated carbocycles. The largest absolute Gasteiger partial charge is 0.469 e. The van der Waals surface area contributed by atoms with Crippen molar-refractivity contribution in [1.82, 2.24) is 4.90 Å². The topological polar surface area (TPSA) is 49.8 Å². The molecule has 26 heavy (non-hydrogen) atoms. The van der Waals surface area contributed by atoms with Gasteiger partial charge in [-0.05, 0) is 31.9 Å². The van der Waals surface area contributed by atoms with E-state index in [0.717, 1.165) is 0 Å². The van der Waals surface area contributed by atoms with Crippen LogP contribution in [0.4, 0.5) is 0 Å². The molecule has 0 aliphatic rings. The van der Waals surface area contributed by atoms with Gasteiger partial charge < -0.3 is 9.84 Å². The van der Waals surface area contributed by atoms with Crippen molar-refractivity contribution in [2.75, 3.05) is 7.11 Å². The molecule has 0 spiro atoms. The van der Waals surface area contributed by atoms with E-state index in [1.165, 1.54) is 18.2 Å². The van der Waals surface area contributed by atoms with Gasteiger partial charge >= 0.3 is 5.97 Å².